The molecule has 0 bridgehead atoms. The Balaban J connectivity index is 0.771. The van der Waals surface area contributed by atoms with E-state index in [2.05, 4.69) is 148 Å². The summed E-state index contributed by atoms with van der Waals surface area (Å²) >= 11 is 0. The van der Waals surface area contributed by atoms with Crippen molar-refractivity contribution in [3.8, 4) is 24.2 Å². The highest BCUT2D eigenvalue weighted by Gasteiger charge is 2.43. The summed E-state index contributed by atoms with van der Waals surface area (Å²) in [5, 5.41) is 24.6. The molecular weight excluding hydrogens is 1080 g/mol. The Morgan fingerprint density at radius 2 is 1.23 bits per heavy atom. The minimum Gasteiger partial charge on any atom is -0.462 e. The lowest BCUT2D eigenvalue weighted by molar-refractivity contribution is -0.129. The van der Waals surface area contributed by atoms with Gasteiger partial charge in [0.1, 0.15) is 24.8 Å². The van der Waals surface area contributed by atoms with E-state index in [1.807, 2.05) is 0 Å². The molecule has 1 saturated carbocycles. The third-order valence-corrected chi connectivity index (χ3v) is 19.7. The summed E-state index contributed by atoms with van der Waals surface area (Å²) in [5.41, 5.74) is 7.30. The molecule has 3 unspecified atom stereocenters. The van der Waals surface area contributed by atoms with Crippen LogP contribution in [0, 0.1) is 28.6 Å². The molecule has 444 valence electrons. The third kappa shape index (κ3) is 11.4. The van der Waals surface area contributed by atoms with Gasteiger partial charge in [0, 0.05) is 105 Å². The fourth-order valence-electron chi connectivity index (χ4n) is 14.6. The van der Waals surface area contributed by atoms with Crippen LogP contribution in [0.1, 0.15) is 85.9 Å². The first-order valence-electron chi connectivity index (χ1n) is 31.1. The van der Waals surface area contributed by atoms with Crippen molar-refractivity contribution >= 4 is 56.4 Å². The van der Waals surface area contributed by atoms with E-state index in [1.54, 1.807) is 9.80 Å². The predicted molar refractivity (Wildman–Crippen MR) is 334 cm³/mol. The maximum Gasteiger partial charge on any atom is 0.318 e. The van der Waals surface area contributed by atoms with Crippen LogP contribution in [0.3, 0.4) is 0 Å². The zero-order chi connectivity index (χ0) is 59.1. The molecule has 0 radical (unpaired) electrons. The number of ether oxygens (including phenoxy) is 2. The van der Waals surface area contributed by atoms with Crippen LogP contribution in [0.2, 0.25) is 0 Å². The lowest BCUT2D eigenvalue weighted by Gasteiger charge is -2.42. The fraction of sp³-hybridized carbons (Fsp3) is 0.471. The van der Waals surface area contributed by atoms with Crippen molar-refractivity contribution in [1.29, 1.82) is 10.5 Å². The normalized spacial score (nSPS) is 23.4. The van der Waals surface area contributed by atoms with E-state index in [0.29, 0.717) is 83.6 Å². The largest absolute Gasteiger partial charge is 0.462 e. The molecule has 6 aromatic rings. The van der Waals surface area contributed by atoms with Crippen molar-refractivity contribution in [2.24, 2.45) is 5.92 Å². The minimum absolute atomic E-state index is 0.156. The molecule has 18 nitrogen and oxygen atoms in total. The highest BCUT2D eigenvalue weighted by atomic mass is 16.5. The molecule has 4 aromatic carbocycles. The highest BCUT2D eigenvalue weighted by Crippen LogP contribution is 2.44. The van der Waals surface area contributed by atoms with Gasteiger partial charge in [0.2, 0.25) is 11.8 Å². The summed E-state index contributed by atoms with van der Waals surface area (Å²) in [5.74, 6) is 2.35. The molecule has 5 fully saturated rings. The van der Waals surface area contributed by atoms with E-state index in [4.69, 9.17) is 29.4 Å². The van der Waals surface area contributed by atoms with Crippen LogP contribution in [0.15, 0.2) is 104 Å². The number of rotatable bonds is 17. The lowest BCUT2D eigenvalue weighted by atomic mass is 9.88. The van der Waals surface area contributed by atoms with Crippen LogP contribution < -0.4 is 29.1 Å². The average molecular weight is 1160 g/mol. The predicted octanol–water partition coefficient (Wildman–Crippen LogP) is 8.44. The summed E-state index contributed by atoms with van der Waals surface area (Å²) in [6.45, 7) is 19.5. The SMILES string of the molecule is C=CC(=O)N1CCN(c2nc(OC[C@@H]3CCCN3CC3CC3)nc3c2CCN(c2cc(C4CN(C)[C@](C)(COc5nc6c(c(N7CCN(C(=O)C=C)C(CC#N)C7)n5)CCN(c5cccc7ccccc57)C6)C4)cc4ccccc24)C3)CC1CC#N. The van der Waals surface area contributed by atoms with Gasteiger partial charge in [-0.1, -0.05) is 79.9 Å². The van der Waals surface area contributed by atoms with Crippen LogP contribution in [-0.4, -0.2) is 167 Å². The van der Waals surface area contributed by atoms with Gasteiger partial charge in [-0.15, -0.1) is 0 Å². The topological polar surface area (TPSA) is 178 Å². The Bertz CT molecular complexity index is 3670. The monoisotopic (exact) mass is 1150 g/mol. The quantitative estimate of drug-likeness (QED) is 0.0794. The number of likely N-dealkylation sites (N-methyl/N-ethyl adjacent to an activating group) is 1. The first-order chi connectivity index (χ1) is 42.0. The number of hydrogen-bond acceptors (Lipinski definition) is 16. The molecule has 0 spiro atoms. The Labute approximate surface area is 504 Å². The first kappa shape index (κ1) is 56.8. The maximum atomic E-state index is 13.0. The van der Waals surface area contributed by atoms with Gasteiger partial charge in [0.15, 0.2) is 0 Å². The molecule has 8 heterocycles. The van der Waals surface area contributed by atoms with E-state index >= 15 is 0 Å². The molecule has 6 aliphatic heterocycles. The molecular formula is C68H78N14O4. The maximum absolute atomic E-state index is 13.0. The van der Waals surface area contributed by atoms with Crippen LogP contribution in [-0.2, 0) is 35.5 Å². The van der Waals surface area contributed by atoms with Gasteiger partial charge < -0.3 is 38.9 Å². The van der Waals surface area contributed by atoms with Crippen LogP contribution in [0.25, 0.3) is 21.5 Å². The van der Waals surface area contributed by atoms with Crippen LogP contribution in [0.4, 0.5) is 23.0 Å². The Hall–Kier alpha value is -8.32. The van der Waals surface area contributed by atoms with Crippen LogP contribution >= 0.6 is 0 Å². The van der Waals surface area contributed by atoms with Crippen molar-refractivity contribution < 1.29 is 19.1 Å². The number of benzene rings is 4. The molecule has 4 saturated heterocycles. The number of carbonyl (C=O) groups is 2. The van der Waals surface area contributed by atoms with E-state index in [0.717, 1.165) is 98.5 Å². The number of aromatic nitrogens is 4. The number of anilines is 4. The molecule has 1 aliphatic carbocycles. The van der Waals surface area contributed by atoms with Crippen molar-refractivity contribution in [3.05, 3.63) is 132 Å². The number of likely N-dealkylation sites (tertiary alicyclic amines) is 2. The number of amides is 2. The molecule has 5 atom stereocenters. The molecule has 2 aromatic heterocycles. The van der Waals surface area contributed by atoms with Crippen LogP contribution in [0.5, 0.6) is 12.0 Å². The van der Waals surface area contributed by atoms with Gasteiger partial charge in [0.05, 0.1) is 67.1 Å². The van der Waals surface area contributed by atoms with Crippen molar-refractivity contribution in [1.82, 2.24) is 39.5 Å². The fourth-order valence-corrected chi connectivity index (χ4v) is 14.6. The average Bonchev–Trinajstić information content (AvgIpc) is 1.60. The number of nitrogens with zero attached hydrogens (tertiary/aromatic N) is 14. The van der Waals surface area contributed by atoms with E-state index in [-0.39, 0.29) is 48.2 Å². The molecule has 13 rings (SSSR count). The summed E-state index contributed by atoms with van der Waals surface area (Å²) in [4.78, 5) is 64.9. The zero-order valence-electron chi connectivity index (χ0n) is 49.8. The number of carbonyl (C=O) groups excluding carboxylic acids is 2. The smallest absolute Gasteiger partial charge is 0.318 e. The summed E-state index contributed by atoms with van der Waals surface area (Å²) in [7, 11) is 2.20. The zero-order valence-corrected chi connectivity index (χ0v) is 49.8. The standard InChI is InChI=1S/C68H78N14O4/c1-5-62(83)81-33-31-79(40-51(81)22-26-69)64-57-25-30-78(43-59(57)71-66(73-64)85-44-53-16-12-28-76(53)38-46-20-21-46)61-36-49(35-48-14-8-10-18-55(48)61)50-37-68(3,75(4)39-50)45-86-67-72-58-42-77(60-19-11-15-47-13-7-9-17-54(47)60)29-24-56(58)65(74-67)80-32-34-82(63(84)6-2)52(41-80)23-27-70/h5-11,13-15,17-19,35-36,46,50-53H,1-2,12,16,20-25,28-34,37-45H2,3-4H3/t50?,51?,52?,53-,68-/m0/s1. The Kier molecular flexibility index (Phi) is 16.0. The number of piperazine rings is 2. The lowest BCUT2D eigenvalue weighted by Crippen LogP contribution is -2.55. The third-order valence-electron chi connectivity index (χ3n) is 19.7. The van der Waals surface area contributed by atoms with E-state index < -0.39 is 0 Å². The van der Waals surface area contributed by atoms with Crippen molar-refractivity contribution in [2.75, 3.05) is 112 Å². The van der Waals surface area contributed by atoms with E-state index in [1.165, 1.54) is 69.9 Å². The minimum atomic E-state index is -0.364. The second-order valence-electron chi connectivity index (χ2n) is 25.1. The van der Waals surface area contributed by atoms with Crippen molar-refractivity contribution in [2.45, 2.75) is 107 Å². The van der Waals surface area contributed by atoms with Gasteiger partial charge >= 0.3 is 12.0 Å². The molecule has 2 amide bonds. The molecule has 7 aliphatic rings. The summed E-state index contributed by atoms with van der Waals surface area (Å²) < 4.78 is 13.6. The van der Waals surface area contributed by atoms with Gasteiger partial charge in [-0.3, -0.25) is 19.4 Å². The van der Waals surface area contributed by atoms with Gasteiger partial charge in [-0.25, -0.2) is 0 Å². The first-order valence-corrected chi connectivity index (χ1v) is 31.1. The molecule has 86 heavy (non-hydrogen) atoms. The van der Waals surface area contributed by atoms with Gasteiger partial charge in [0.25, 0.3) is 0 Å². The van der Waals surface area contributed by atoms with E-state index in [9.17, 15) is 20.1 Å². The number of nitriles is 2. The Morgan fingerprint density at radius 3 is 1.85 bits per heavy atom. The van der Waals surface area contributed by atoms with Gasteiger partial charge in [-0.2, -0.15) is 30.5 Å². The second kappa shape index (κ2) is 24.2. The Morgan fingerprint density at radius 1 is 0.651 bits per heavy atom. The second-order valence-corrected chi connectivity index (χ2v) is 25.1. The summed E-state index contributed by atoms with van der Waals surface area (Å²) in [6.07, 6.45) is 10.3. The molecule has 18 heteroatoms. The van der Waals surface area contributed by atoms with Crippen molar-refractivity contribution in [3.63, 3.8) is 0 Å². The molecule has 0 N–H and O–H groups in total. The summed E-state index contributed by atoms with van der Waals surface area (Å²) in [6, 6.07) is 33.6. The van der Waals surface area contributed by atoms with Gasteiger partial charge in [-0.05, 0) is 118 Å². The number of fused-ring (bicyclic) bond motifs is 4. The number of hydrogen-bond donors (Lipinski definition) is 0. The highest BCUT2D eigenvalue weighted by molar-refractivity contribution is 5.96.